The summed E-state index contributed by atoms with van der Waals surface area (Å²) in [6.07, 6.45) is 5.96. The first-order chi connectivity index (χ1) is 5.86. The zero-order chi connectivity index (χ0) is 8.81. The van der Waals surface area contributed by atoms with E-state index >= 15 is 0 Å². The monoisotopic (exact) mass is 168 g/mol. The Kier molecular flexibility index (Phi) is 4.33. The van der Waals surface area contributed by atoms with Crippen LogP contribution in [0.2, 0.25) is 0 Å². The van der Waals surface area contributed by atoms with Gasteiger partial charge in [0.25, 0.3) is 0 Å². The fourth-order valence-electron chi connectivity index (χ4n) is 1.66. The smallest absolute Gasteiger partial charge is 0.0192 e. The summed E-state index contributed by atoms with van der Waals surface area (Å²) in [7, 11) is 0. The molecule has 0 spiro atoms. The maximum Gasteiger partial charge on any atom is 0.0192 e. The minimum absolute atomic E-state index is 0.823. The molecule has 0 saturated heterocycles. The summed E-state index contributed by atoms with van der Waals surface area (Å²) in [4.78, 5) is 2.49. The average Bonchev–Trinajstić information content (AvgIpc) is 2.15. The molecule has 12 heavy (non-hydrogen) atoms. The molecule has 0 amide bonds. The predicted molar refractivity (Wildman–Crippen MR) is 53.1 cm³/mol. The van der Waals surface area contributed by atoms with Crippen LogP contribution in [0.4, 0.5) is 0 Å². The third-order valence-electron chi connectivity index (χ3n) is 2.45. The molecule has 0 unspecified atom stereocenters. The van der Waals surface area contributed by atoms with Crippen molar-refractivity contribution in [3.8, 4) is 0 Å². The van der Waals surface area contributed by atoms with Gasteiger partial charge in [-0.1, -0.05) is 18.6 Å². The van der Waals surface area contributed by atoms with Crippen molar-refractivity contribution in [1.82, 2.24) is 4.90 Å². The Hall–Kier alpha value is -0.340. The van der Waals surface area contributed by atoms with Crippen molar-refractivity contribution >= 4 is 0 Å². The fraction of sp³-hybridized carbons (Fsp3) is 0.800. The van der Waals surface area contributed by atoms with Gasteiger partial charge < -0.3 is 5.73 Å². The first kappa shape index (κ1) is 9.75. The van der Waals surface area contributed by atoms with Crippen LogP contribution in [0.3, 0.4) is 0 Å². The number of nitrogens with two attached hydrogens (primary N) is 1. The van der Waals surface area contributed by atoms with Crippen molar-refractivity contribution in [2.75, 3.05) is 26.2 Å². The number of likely N-dealkylation sites (N-methyl/N-ethyl adjacent to an activating group) is 1. The Bertz CT molecular complexity index is 152. The van der Waals surface area contributed by atoms with Crippen molar-refractivity contribution in [2.24, 2.45) is 5.73 Å². The standard InChI is InChI=1S/C10H20N2/c1-2-12-8-4-6-10(9-12)5-3-7-11/h6H,2-5,7-9,11H2,1H3. The van der Waals surface area contributed by atoms with Gasteiger partial charge in [0.05, 0.1) is 0 Å². The van der Waals surface area contributed by atoms with Crippen molar-refractivity contribution < 1.29 is 0 Å². The van der Waals surface area contributed by atoms with Crippen LogP contribution in [0, 0.1) is 0 Å². The highest BCUT2D eigenvalue weighted by Gasteiger charge is 2.09. The molecule has 0 atom stereocenters. The van der Waals surface area contributed by atoms with Crippen molar-refractivity contribution in [1.29, 1.82) is 0 Å². The molecule has 2 N–H and O–H groups in total. The Morgan fingerprint density at radius 1 is 1.58 bits per heavy atom. The van der Waals surface area contributed by atoms with Gasteiger partial charge >= 0.3 is 0 Å². The maximum atomic E-state index is 5.47. The molecule has 0 radical (unpaired) electrons. The minimum atomic E-state index is 0.823. The fourth-order valence-corrected chi connectivity index (χ4v) is 1.66. The summed E-state index contributed by atoms with van der Waals surface area (Å²) in [5, 5.41) is 0. The second-order valence-corrected chi connectivity index (χ2v) is 3.41. The predicted octanol–water partition coefficient (Wildman–Crippen LogP) is 1.38. The van der Waals surface area contributed by atoms with Crippen LogP contribution in [0.25, 0.3) is 0 Å². The van der Waals surface area contributed by atoms with E-state index in [1.807, 2.05) is 0 Å². The molecule has 2 heteroatoms. The molecule has 1 rings (SSSR count). The van der Waals surface area contributed by atoms with Gasteiger partial charge in [-0.2, -0.15) is 0 Å². The molecule has 70 valence electrons. The highest BCUT2D eigenvalue weighted by Crippen LogP contribution is 2.13. The topological polar surface area (TPSA) is 29.3 Å². The van der Waals surface area contributed by atoms with E-state index in [0.717, 1.165) is 13.0 Å². The molecule has 0 aromatic rings. The zero-order valence-corrected chi connectivity index (χ0v) is 8.05. The molecule has 0 saturated carbocycles. The molecule has 1 aliphatic heterocycles. The largest absolute Gasteiger partial charge is 0.330 e. The average molecular weight is 168 g/mol. The Morgan fingerprint density at radius 2 is 2.42 bits per heavy atom. The SMILES string of the molecule is CCN1CCC=C(CCCN)C1. The summed E-state index contributed by atoms with van der Waals surface area (Å²) in [6.45, 7) is 6.65. The van der Waals surface area contributed by atoms with Gasteiger partial charge in [-0.3, -0.25) is 4.90 Å². The molecule has 0 aromatic heterocycles. The third kappa shape index (κ3) is 2.95. The summed E-state index contributed by atoms with van der Waals surface area (Å²) in [6, 6.07) is 0. The lowest BCUT2D eigenvalue weighted by molar-refractivity contribution is 0.302. The molecule has 1 aliphatic rings. The number of hydrogen-bond acceptors (Lipinski definition) is 2. The second kappa shape index (κ2) is 5.33. The van der Waals surface area contributed by atoms with Gasteiger partial charge in [-0.05, 0) is 32.4 Å². The first-order valence-corrected chi connectivity index (χ1v) is 4.97. The van der Waals surface area contributed by atoms with E-state index in [4.69, 9.17) is 5.73 Å². The van der Waals surface area contributed by atoms with Gasteiger partial charge in [-0.15, -0.1) is 0 Å². The molecule has 2 nitrogen and oxygen atoms in total. The lowest BCUT2D eigenvalue weighted by Crippen LogP contribution is -2.29. The zero-order valence-electron chi connectivity index (χ0n) is 8.05. The summed E-state index contributed by atoms with van der Waals surface area (Å²) >= 11 is 0. The summed E-state index contributed by atoms with van der Waals surface area (Å²) < 4.78 is 0. The molecule has 0 fully saturated rings. The van der Waals surface area contributed by atoms with Crippen LogP contribution < -0.4 is 5.73 Å². The third-order valence-corrected chi connectivity index (χ3v) is 2.45. The van der Waals surface area contributed by atoms with Gasteiger partial charge in [-0.25, -0.2) is 0 Å². The highest BCUT2D eigenvalue weighted by atomic mass is 15.1. The first-order valence-electron chi connectivity index (χ1n) is 4.97. The van der Waals surface area contributed by atoms with Gasteiger partial charge in [0, 0.05) is 13.1 Å². The van der Waals surface area contributed by atoms with Crippen molar-refractivity contribution in [2.45, 2.75) is 26.2 Å². The summed E-state index contributed by atoms with van der Waals surface area (Å²) in [5.74, 6) is 0. The minimum Gasteiger partial charge on any atom is -0.330 e. The molecule has 0 aliphatic carbocycles. The van der Waals surface area contributed by atoms with Crippen LogP contribution in [0.1, 0.15) is 26.2 Å². The highest BCUT2D eigenvalue weighted by molar-refractivity contribution is 5.07. The number of rotatable bonds is 4. The van der Waals surface area contributed by atoms with E-state index in [-0.39, 0.29) is 0 Å². The van der Waals surface area contributed by atoms with E-state index in [0.29, 0.717) is 0 Å². The van der Waals surface area contributed by atoms with E-state index in [1.54, 1.807) is 5.57 Å². The molecule has 0 aromatic carbocycles. The Balaban J connectivity index is 2.28. The van der Waals surface area contributed by atoms with Gasteiger partial charge in [0.2, 0.25) is 0 Å². The van der Waals surface area contributed by atoms with E-state index in [9.17, 15) is 0 Å². The number of nitrogens with zero attached hydrogens (tertiary/aromatic N) is 1. The lowest BCUT2D eigenvalue weighted by atomic mass is 10.0. The van der Waals surface area contributed by atoms with Crippen molar-refractivity contribution in [3.63, 3.8) is 0 Å². The van der Waals surface area contributed by atoms with Gasteiger partial charge in [0.1, 0.15) is 0 Å². The normalized spacial score (nSPS) is 19.3. The number of hydrogen-bond donors (Lipinski definition) is 1. The second-order valence-electron chi connectivity index (χ2n) is 3.41. The molecule has 1 heterocycles. The molecular weight excluding hydrogens is 148 g/mol. The van der Waals surface area contributed by atoms with Crippen LogP contribution in [-0.2, 0) is 0 Å². The van der Waals surface area contributed by atoms with Crippen LogP contribution in [-0.4, -0.2) is 31.1 Å². The quantitative estimate of drug-likeness (QED) is 0.643. The van der Waals surface area contributed by atoms with Crippen LogP contribution in [0.5, 0.6) is 0 Å². The van der Waals surface area contributed by atoms with Crippen LogP contribution >= 0.6 is 0 Å². The van der Waals surface area contributed by atoms with Crippen LogP contribution in [0.15, 0.2) is 11.6 Å². The van der Waals surface area contributed by atoms with E-state index in [2.05, 4.69) is 17.9 Å². The molecular formula is C10H20N2. The lowest BCUT2D eigenvalue weighted by Gasteiger charge is -2.25. The Labute approximate surface area is 75.4 Å². The molecule has 0 bridgehead atoms. The Morgan fingerprint density at radius 3 is 3.08 bits per heavy atom. The summed E-state index contributed by atoms with van der Waals surface area (Å²) in [5.41, 5.74) is 7.06. The van der Waals surface area contributed by atoms with E-state index in [1.165, 1.54) is 32.5 Å². The maximum absolute atomic E-state index is 5.47. The van der Waals surface area contributed by atoms with Gasteiger partial charge in [0.15, 0.2) is 0 Å². The van der Waals surface area contributed by atoms with Crippen molar-refractivity contribution in [3.05, 3.63) is 11.6 Å². The van der Waals surface area contributed by atoms with E-state index < -0.39 is 0 Å².